The van der Waals surface area contributed by atoms with Crippen molar-refractivity contribution in [2.75, 3.05) is 19.0 Å². The third-order valence-electron chi connectivity index (χ3n) is 1.89. The van der Waals surface area contributed by atoms with Crippen molar-refractivity contribution in [3.63, 3.8) is 0 Å². The number of nitrogens with zero attached hydrogens (tertiary/aromatic N) is 1. The summed E-state index contributed by atoms with van der Waals surface area (Å²) in [5.74, 6) is 1.74. The molecular formula is C9H10ClNOS. The molecule has 0 saturated carbocycles. The Morgan fingerprint density at radius 3 is 3.08 bits per heavy atom. The van der Waals surface area contributed by atoms with E-state index in [1.165, 1.54) is 0 Å². The Bertz CT molecular complexity index is 291. The molecule has 0 atom stereocenters. The van der Waals surface area contributed by atoms with Crippen molar-refractivity contribution in [2.24, 2.45) is 5.92 Å². The highest BCUT2D eigenvalue weighted by atomic mass is 35.5. The molecular weight excluding hydrogens is 206 g/mol. The van der Waals surface area contributed by atoms with Crippen molar-refractivity contribution in [3.05, 3.63) is 23.4 Å². The highest BCUT2D eigenvalue weighted by Crippen LogP contribution is 2.27. The van der Waals surface area contributed by atoms with Gasteiger partial charge in [0.2, 0.25) is 0 Å². The van der Waals surface area contributed by atoms with E-state index < -0.39 is 0 Å². The molecule has 1 aliphatic rings. The third-order valence-corrected chi connectivity index (χ3v) is 3.54. The molecule has 1 fully saturated rings. The molecule has 0 aliphatic carbocycles. The van der Waals surface area contributed by atoms with Gasteiger partial charge in [0.05, 0.1) is 18.2 Å². The summed E-state index contributed by atoms with van der Waals surface area (Å²) < 4.78 is 5.09. The van der Waals surface area contributed by atoms with E-state index in [1.807, 2.05) is 12.1 Å². The Balaban J connectivity index is 1.89. The zero-order valence-electron chi connectivity index (χ0n) is 7.07. The van der Waals surface area contributed by atoms with Crippen LogP contribution in [0.2, 0.25) is 5.02 Å². The lowest BCUT2D eigenvalue weighted by Gasteiger charge is -2.25. The van der Waals surface area contributed by atoms with Crippen LogP contribution in [0.4, 0.5) is 0 Å². The van der Waals surface area contributed by atoms with Gasteiger partial charge in [-0.3, -0.25) is 0 Å². The number of ether oxygens (including phenoxy) is 1. The summed E-state index contributed by atoms with van der Waals surface area (Å²) in [6, 6.07) is 3.72. The summed E-state index contributed by atoms with van der Waals surface area (Å²) in [4.78, 5) is 4.20. The summed E-state index contributed by atoms with van der Waals surface area (Å²) in [7, 11) is 0. The second kappa shape index (κ2) is 4.31. The van der Waals surface area contributed by atoms with Gasteiger partial charge in [0.15, 0.2) is 0 Å². The second-order valence-electron chi connectivity index (χ2n) is 3.00. The van der Waals surface area contributed by atoms with Crippen LogP contribution in [0.1, 0.15) is 0 Å². The van der Waals surface area contributed by atoms with E-state index in [9.17, 15) is 0 Å². The van der Waals surface area contributed by atoms with Gasteiger partial charge in [0.25, 0.3) is 0 Å². The van der Waals surface area contributed by atoms with Crippen LogP contribution >= 0.6 is 23.4 Å². The van der Waals surface area contributed by atoms with Crippen LogP contribution in [0.3, 0.4) is 0 Å². The molecule has 0 unspecified atom stereocenters. The molecule has 0 radical (unpaired) electrons. The van der Waals surface area contributed by atoms with E-state index in [-0.39, 0.29) is 0 Å². The van der Waals surface area contributed by atoms with Crippen LogP contribution in [-0.2, 0) is 4.74 Å². The van der Waals surface area contributed by atoms with Crippen molar-refractivity contribution in [2.45, 2.75) is 5.03 Å². The van der Waals surface area contributed by atoms with E-state index in [0.717, 1.165) is 29.0 Å². The van der Waals surface area contributed by atoms with E-state index >= 15 is 0 Å². The molecule has 0 aromatic carbocycles. The number of thioether (sulfide) groups is 1. The van der Waals surface area contributed by atoms with E-state index in [4.69, 9.17) is 16.3 Å². The maximum atomic E-state index is 5.95. The van der Waals surface area contributed by atoms with Gasteiger partial charge in [-0.05, 0) is 12.1 Å². The van der Waals surface area contributed by atoms with Crippen molar-refractivity contribution in [1.29, 1.82) is 0 Å². The highest BCUT2D eigenvalue weighted by Gasteiger charge is 2.18. The van der Waals surface area contributed by atoms with Gasteiger partial charge in [0.1, 0.15) is 5.03 Å². The Labute approximate surface area is 86.6 Å². The summed E-state index contributed by atoms with van der Waals surface area (Å²) in [6.45, 7) is 1.77. The predicted molar refractivity (Wildman–Crippen MR) is 54.3 cm³/mol. The minimum absolute atomic E-state index is 0.683. The first-order chi connectivity index (χ1) is 6.36. The Kier molecular flexibility index (Phi) is 3.09. The lowest BCUT2D eigenvalue weighted by Crippen LogP contribution is -2.29. The molecule has 2 heterocycles. The molecule has 1 aromatic heterocycles. The molecule has 4 heteroatoms. The molecule has 13 heavy (non-hydrogen) atoms. The van der Waals surface area contributed by atoms with Crippen LogP contribution in [-0.4, -0.2) is 24.0 Å². The fourth-order valence-electron chi connectivity index (χ4n) is 1.05. The highest BCUT2D eigenvalue weighted by molar-refractivity contribution is 7.99. The predicted octanol–water partition coefficient (Wildman–Crippen LogP) is 2.47. The van der Waals surface area contributed by atoms with Gasteiger partial charge in [-0.25, -0.2) is 4.98 Å². The van der Waals surface area contributed by atoms with Crippen LogP contribution < -0.4 is 0 Å². The van der Waals surface area contributed by atoms with Crippen molar-refractivity contribution in [1.82, 2.24) is 4.98 Å². The molecule has 1 aromatic rings. The monoisotopic (exact) mass is 215 g/mol. The summed E-state index contributed by atoms with van der Waals surface area (Å²) in [5.41, 5.74) is 0. The molecule has 70 valence electrons. The minimum atomic E-state index is 0.683. The average molecular weight is 216 g/mol. The standard InChI is InChI=1S/C9H10ClNOS/c10-8-2-1-3-11-9(8)13-6-7-4-12-5-7/h1-3,7H,4-6H2. The first-order valence-electron chi connectivity index (χ1n) is 4.17. The molecule has 1 saturated heterocycles. The van der Waals surface area contributed by atoms with Crippen LogP contribution in [0.5, 0.6) is 0 Å². The van der Waals surface area contributed by atoms with Crippen LogP contribution in [0.25, 0.3) is 0 Å². The van der Waals surface area contributed by atoms with Crippen LogP contribution in [0, 0.1) is 5.92 Å². The number of halogens is 1. The van der Waals surface area contributed by atoms with E-state index in [1.54, 1.807) is 18.0 Å². The molecule has 1 aliphatic heterocycles. The number of aromatic nitrogens is 1. The third kappa shape index (κ3) is 2.36. The second-order valence-corrected chi connectivity index (χ2v) is 4.42. The van der Waals surface area contributed by atoms with Gasteiger partial charge in [-0.15, -0.1) is 11.8 Å². The molecule has 0 spiro atoms. The summed E-state index contributed by atoms with van der Waals surface area (Å²) >= 11 is 7.66. The smallest absolute Gasteiger partial charge is 0.115 e. The Morgan fingerprint density at radius 2 is 2.46 bits per heavy atom. The zero-order chi connectivity index (χ0) is 9.10. The summed E-state index contributed by atoms with van der Waals surface area (Å²) in [5, 5.41) is 1.67. The quantitative estimate of drug-likeness (QED) is 0.724. The topological polar surface area (TPSA) is 22.1 Å². The normalized spacial score (nSPS) is 17.0. The van der Waals surface area contributed by atoms with Gasteiger partial charge < -0.3 is 4.74 Å². The number of rotatable bonds is 3. The number of hydrogen-bond donors (Lipinski definition) is 0. The van der Waals surface area contributed by atoms with Crippen molar-refractivity contribution in [3.8, 4) is 0 Å². The fraction of sp³-hybridized carbons (Fsp3) is 0.444. The summed E-state index contributed by atoms with van der Waals surface area (Å²) in [6.07, 6.45) is 1.77. The first kappa shape index (κ1) is 9.31. The molecule has 2 rings (SSSR count). The minimum Gasteiger partial charge on any atom is -0.381 e. The van der Waals surface area contributed by atoms with Gasteiger partial charge >= 0.3 is 0 Å². The van der Waals surface area contributed by atoms with Crippen molar-refractivity contribution >= 4 is 23.4 Å². The lowest BCUT2D eigenvalue weighted by molar-refractivity contribution is -0.0196. The first-order valence-corrected chi connectivity index (χ1v) is 5.53. The number of pyridine rings is 1. The van der Waals surface area contributed by atoms with E-state index in [0.29, 0.717) is 5.92 Å². The Hall–Kier alpha value is -0.250. The molecule has 0 N–H and O–H groups in total. The SMILES string of the molecule is Clc1cccnc1SCC1COC1. The largest absolute Gasteiger partial charge is 0.381 e. The number of hydrogen-bond acceptors (Lipinski definition) is 3. The zero-order valence-corrected chi connectivity index (χ0v) is 8.64. The van der Waals surface area contributed by atoms with E-state index in [2.05, 4.69) is 4.98 Å². The molecule has 0 bridgehead atoms. The van der Waals surface area contributed by atoms with Crippen LogP contribution in [0.15, 0.2) is 23.4 Å². The Morgan fingerprint density at radius 1 is 1.62 bits per heavy atom. The van der Waals surface area contributed by atoms with Crippen molar-refractivity contribution < 1.29 is 4.74 Å². The van der Waals surface area contributed by atoms with Gasteiger partial charge in [0, 0.05) is 17.9 Å². The maximum Gasteiger partial charge on any atom is 0.115 e. The lowest BCUT2D eigenvalue weighted by atomic mass is 10.1. The molecule has 0 amide bonds. The van der Waals surface area contributed by atoms with Gasteiger partial charge in [-0.1, -0.05) is 11.6 Å². The fourth-order valence-corrected chi connectivity index (χ4v) is 2.27. The molecule has 2 nitrogen and oxygen atoms in total. The maximum absolute atomic E-state index is 5.95. The average Bonchev–Trinajstić information content (AvgIpc) is 2.05. The van der Waals surface area contributed by atoms with Gasteiger partial charge in [-0.2, -0.15) is 0 Å².